The molecule has 24 heavy (non-hydrogen) atoms. The van der Waals surface area contributed by atoms with E-state index in [2.05, 4.69) is 5.32 Å². The van der Waals surface area contributed by atoms with Gasteiger partial charge in [-0.1, -0.05) is 6.07 Å². The monoisotopic (exact) mass is 330 g/mol. The number of nitro groups is 1. The highest BCUT2D eigenvalue weighted by Gasteiger charge is 2.15. The quantitative estimate of drug-likeness (QED) is 0.649. The van der Waals surface area contributed by atoms with E-state index in [9.17, 15) is 14.9 Å². The van der Waals surface area contributed by atoms with Crippen LogP contribution >= 0.6 is 0 Å². The Labute approximate surface area is 139 Å². The van der Waals surface area contributed by atoms with Crippen LogP contribution in [0.3, 0.4) is 0 Å². The smallest absolute Gasteiger partial charge is 0.273 e. The Balaban J connectivity index is 2.14. The van der Waals surface area contributed by atoms with Crippen LogP contribution in [0, 0.1) is 17.0 Å². The number of benzene rings is 2. The average Bonchev–Trinajstić information content (AvgIpc) is 2.59. The molecule has 126 valence electrons. The first kappa shape index (κ1) is 17.3. The molecule has 1 N–H and O–H groups in total. The summed E-state index contributed by atoms with van der Waals surface area (Å²) in [6, 6.07) is 9.66. The van der Waals surface area contributed by atoms with Gasteiger partial charge in [0.15, 0.2) is 0 Å². The van der Waals surface area contributed by atoms with Gasteiger partial charge in [0.2, 0.25) is 0 Å². The molecule has 0 unspecified atom stereocenters. The minimum atomic E-state index is -0.501. The van der Waals surface area contributed by atoms with Crippen molar-refractivity contribution in [1.82, 2.24) is 5.32 Å². The first-order chi connectivity index (χ1) is 11.5. The van der Waals surface area contributed by atoms with Gasteiger partial charge in [-0.2, -0.15) is 0 Å². The Morgan fingerprint density at radius 1 is 1.17 bits per heavy atom. The van der Waals surface area contributed by atoms with Gasteiger partial charge in [0.05, 0.1) is 19.1 Å². The number of carbonyl (C=O) groups excluding carboxylic acids is 1. The summed E-state index contributed by atoms with van der Waals surface area (Å²) in [7, 11) is 3.09. The van der Waals surface area contributed by atoms with Crippen LogP contribution in [0.4, 0.5) is 5.69 Å². The molecule has 0 saturated carbocycles. The number of nitro benzene ring substituents is 1. The van der Waals surface area contributed by atoms with E-state index in [1.807, 2.05) is 0 Å². The minimum absolute atomic E-state index is 0.0790. The van der Waals surface area contributed by atoms with E-state index in [1.54, 1.807) is 44.4 Å². The summed E-state index contributed by atoms with van der Waals surface area (Å²) in [6.07, 6.45) is 0. The highest BCUT2D eigenvalue weighted by Crippen LogP contribution is 2.24. The fourth-order valence-electron chi connectivity index (χ4n) is 2.22. The molecule has 0 aliphatic carbocycles. The van der Waals surface area contributed by atoms with Gasteiger partial charge < -0.3 is 14.8 Å². The number of hydrogen-bond acceptors (Lipinski definition) is 5. The number of methoxy groups -OCH3 is 2. The summed E-state index contributed by atoms with van der Waals surface area (Å²) < 4.78 is 10.4. The molecule has 0 aliphatic rings. The van der Waals surface area contributed by atoms with Crippen LogP contribution in [0.5, 0.6) is 11.5 Å². The lowest BCUT2D eigenvalue weighted by molar-refractivity contribution is -0.385. The molecular weight excluding hydrogens is 312 g/mol. The number of rotatable bonds is 6. The predicted octanol–water partition coefficient (Wildman–Crippen LogP) is 2.85. The van der Waals surface area contributed by atoms with E-state index in [-0.39, 0.29) is 17.8 Å². The molecule has 2 aromatic rings. The van der Waals surface area contributed by atoms with Crippen molar-refractivity contribution in [2.45, 2.75) is 13.5 Å². The van der Waals surface area contributed by atoms with Crippen molar-refractivity contribution in [3.63, 3.8) is 0 Å². The molecule has 0 saturated heterocycles. The van der Waals surface area contributed by atoms with Crippen LogP contribution < -0.4 is 14.8 Å². The van der Waals surface area contributed by atoms with Crippen molar-refractivity contribution in [1.29, 1.82) is 0 Å². The second-order valence-electron chi connectivity index (χ2n) is 5.12. The van der Waals surface area contributed by atoms with Gasteiger partial charge in [-0.05, 0) is 25.1 Å². The molecular formula is C17H18N2O5. The molecule has 0 aliphatic heterocycles. The van der Waals surface area contributed by atoms with E-state index in [4.69, 9.17) is 9.47 Å². The molecule has 2 rings (SSSR count). The predicted molar refractivity (Wildman–Crippen MR) is 88.5 cm³/mol. The first-order valence-corrected chi connectivity index (χ1v) is 7.20. The van der Waals surface area contributed by atoms with Crippen LogP contribution in [0.2, 0.25) is 0 Å². The third kappa shape index (κ3) is 3.81. The summed E-state index contributed by atoms with van der Waals surface area (Å²) in [4.78, 5) is 22.7. The van der Waals surface area contributed by atoms with Crippen LogP contribution in [-0.4, -0.2) is 25.1 Å². The van der Waals surface area contributed by atoms with Gasteiger partial charge in [0, 0.05) is 35.4 Å². The van der Waals surface area contributed by atoms with E-state index < -0.39 is 10.8 Å². The number of nitrogens with one attached hydrogen (secondary N) is 1. The highest BCUT2D eigenvalue weighted by atomic mass is 16.6. The summed E-state index contributed by atoms with van der Waals surface area (Å²) >= 11 is 0. The molecule has 0 aromatic heterocycles. The van der Waals surface area contributed by atoms with Gasteiger partial charge >= 0.3 is 0 Å². The zero-order valence-electron chi connectivity index (χ0n) is 13.7. The second-order valence-corrected chi connectivity index (χ2v) is 5.12. The van der Waals surface area contributed by atoms with E-state index in [0.29, 0.717) is 17.1 Å². The summed E-state index contributed by atoms with van der Waals surface area (Å²) in [5, 5.41) is 13.7. The Morgan fingerprint density at radius 2 is 1.92 bits per heavy atom. The van der Waals surface area contributed by atoms with Gasteiger partial charge in [0.25, 0.3) is 11.6 Å². The van der Waals surface area contributed by atoms with Crippen LogP contribution in [0.15, 0.2) is 36.4 Å². The maximum Gasteiger partial charge on any atom is 0.273 e. The summed E-state index contributed by atoms with van der Waals surface area (Å²) in [5.74, 6) is 0.844. The molecule has 1 amide bonds. The van der Waals surface area contributed by atoms with Gasteiger partial charge in [-0.15, -0.1) is 0 Å². The number of hydrogen-bond donors (Lipinski definition) is 1. The van der Waals surface area contributed by atoms with Crippen LogP contribution in [0.25, 0.3) is 0 Å². The largest absolute Gasteiger partial charge is 0.497 e. The molecule has 0 heterocycles. The molecule has 7 heteroatoms. The average molecular weight is 330 g/mol. The lowest BCUT2D eigenvalue weighted by Crippen LogP contribution is -2.23. The Hall–Kier alpha value is -3.09. The Bertz CT molecular complexity index is 774. The van der Waals surface area contributed by atoms with Crippen molar-refractivity contribution in [3.8, 4) is 11.5 Å². The van der Waals surface area contributed by atoms with E-state index >= 15 is 0 Å². The van der Waals surface area contributed by atoms with Crippen LogP contribution in [-0.2, 0) is 6.54 Å². The van der Waals surface area contributed by atoms with Crippen molar-refractivity contribution < 1.29 is 19.2 Å². The molecule has 0 atom stereocenters. The third-order valence-electron chi connectivity index (χ3n) is 3.60. The summed E-state index contributed by atoms with van der Waals surface area (Å²) in [5.41, 5.74) is 1.44. The molecule has 0 fully saturated rings. The topological polar surface area (TPSA) is 90.7 Å². The van der Waals surface area contributed by atoms with Crippen molar-refractivity contribution >= 4 is 11.6 Å². The van der Waals surface area contributed by atoms with Gasteiger partial charge in [-0.25, -0.2) is 0 Å². The maximum absolute atomic E-state index is 12.2. The number of nitrogens with zero attached hydrogens (tertiary/aromatic N) is 1. The van der Waals surface area contributed by atoms with Gasteiger partial charge in [-0.3, -0.25) is 14.9 Å². The Morgan fingerprint density at radius 3 is 2.54 bits per heavy atom. The molecule has 0 spiro atoms. The van der Waals surface area contributed by atoms with Gasteiger partial charge in [0.1, 0.15) is 11.5 Å². The maximum atomic E-state index is 12.2. The number of carbonyl (C=O) groups is 1. The van der Waals surface area contributed by atoms with Crippen molar-refractivity contribution in [2.75, 3.05) is 14.2 Å². The molecule has 0 radical (unpaired) electrons. The van der Waals surface area contributed by atoms with Crippen LogP contribution in [0.1, 0.15) is 21.5 Å². The molecule has 0 bridgehead atoms. The highest BCUT2D eigenvalue weighted by molar-refractivity contribution is 5.95. The second kappa shape index (κ2) is 7.45. The fourth-order valence-corrected chi connectivity index (χ4v) is 2.22. The normalized spacial score (nSPS) is 10.1. The molecule has 2 aromatic carbocycles. The lowest BCUT2D eigenvalue weighted by atomic mass is 10.1. The number of aryl methyl sites for hydroxylation is 1. The number of ether oxygens (including phenoxy) is 2. The van der Waals surface area contributed by atoms with E-state index in [0.717, 1.165) is 5.56 Å². The third-order valence-corrected chi connectivity index (χ3v) is 3.60. The molecule has 7 nitrogen and oxygen atoms in total. The number of amides is 1. The minimum Gasteiger partial charge on any atom is -0.497 e. The first-order valence-electron chi connectivity index (χ1n) is 7.20. The van der Waals surface area contributed by atoms with Crippen molar-refractivity contribution in [2.24, 2.45) is 0 Å². The SMILES string of the molecule is COc1ccc(CNC(=O)c2ccc(C)c([N+](=O)[O-])c2)c(OC)c1. The standard InChI is InChI=1S/C17H18N2O5/c1-11-4-5-12(8-15(11)19(21)22)17(20)18-10-13-6-7-14(23-2)9-16(13)24-3/h4-9H,10H2,1-3H3,(H,18,20). The fraction of sp³-hybridized carbons (Fsp3) is 0.235. The Kier molecular flexibility index (Phi) is 5.36. The van der Waals surface area contributed by atoms with E-state index in [1.165, 1.54) is 13.2 Å². The van der Waals surface area contributed by atoms with Crippen molar-refractivity contribution in [3.05, 3.63) is 63.2 Å². The lowest BCUT2D eigenvalue weighted by Gasteiger charge is -2.11. The zero-order valence-corrected chi connectivity index (χ0v) is 13.7. The zero-order chi connectivity index (χ0) is 17.7. The summed E-state index contributed by atoms with van der Waals surface area (Å²) in [6.45, 7) is 1.86.